The Kier molecular flexibility index (Phi) is 7.09. The van der Waals surface area contributed by atoms with Gasteiger partial charge in [0.1, 0.15) is 0 Å². The maximum atomic E-state index is 12.3. The van der Waals surface area contributed by atoms with Crippen molar-refractivity contribution in [1.82, 2.24) is 4.98 Å². The lowest BCUT2D eigenvalue weighted by atomic mass is 10.1. The monoisotopic (exact) mass is 442 g/mol. The lowest BCUT2D eigenvalue weighted by Crippen LogP contribution is -2.20. The number of anilines is 1. The number of ether oxygens (including phenoxy) is 4. The second-order valence-electron chi connectivity index (χ2n) is 6.37. The molecule has 162 valence electrons. The van der Waals surface area contributed by atoms with Gasteiger partial charge in [-0.05, 0) is 43.3 Å². The van der Waals surface area contributed by atoms with Crippen molar-refractivity contribution in [2.24, 2.45) is 0 Å². The molecule has 0 aliphatic carbocycles. The molecule has 1 N–H and O–H groups in total. The zero-order chi connectivity index (χ0) is 22.4. The molecule has 1 heterocycles. The molecule has 0 spiro atoms. The molecule has 1 amide bonds. The van der Waals surface area contributed by atoms with E-state index in [0.717, 1.165) is 5.56 Å². The van der Waals surface area contributed by atoms with E-state index in [4.69, 9.17) is 18.9 Å². The van der Waals surface area contributed by atoms with Crippen molar-refractivity contribution in [3.63, 3.8) is 0 Å². The van der Waals surface area contributed by atoms with E-state index < -0.39 is 0 Å². The summed E-state index contributed by atoms with van der Waals surface area (Å²) in [7, 11) is 4.61. The summed E-state index contributed by atoms with van der Waals surface area (Å²) in [4.78, 5) is 28.2. The molecule has 0 aliphatic heterocycles. The Morgan fingerprint density at radius 2 is 1.61 bits per heavy atom. The molecule has 0 unspecified atom stereocenters. The SMILES string of the molecule is COc1ccc(-c2csc(NC(=O)COc3ccc(C(C)=O)cc3OC)n2)cc1OC. The van der Waals surface area contributed by atoms with Crippen molar-refractivity contribution in [3.05, 3.63) is 47.3 Å². The smallest absolute Gasteiger partial charge is 0.264 e. The van der Waals surface area contributed by atoms with Gasteiger partial charge in [-0.25, -0.2) is 4.98 Å². The van der Waals surface area contributed by atoms with Crippen LogP contribution in [0.25, 0.3) is 11.3 Å². The molecule has 0 aliphatic rings. The first-order valence-electron chi connectivity index (χ1n) is 9.24. The van der Waals surface area contributed by atoms with Crippen LogP contribution in [0.15, 0.2) is 41.8 Å². The van der Waals surface area contributed by atoms with Gasteiger partial charge in [-0.1, -0.05) is 0 Å². The Balaban J connectivity index is 1.64. The number of hydrogen-bond acceptors (Lipinski definition) is 8. The number of aromatic nitrogens is 1. The fourth-order valence-corrected chi connectivity index (χ4v) is 3.50. The van der Waals surface area contributed by atoms with Crippen molar-refractivity contribution < 1.29 is 28.5 Å². The van der Waals surface area contributed by atoms with Crippen LogP contribution in [0.2, 0.25) is 0 Å². The predicted octanol–water partition coefficient (Wildman–Crippen LogP) is 4.06. The van der Waals surface area contributed by atoms with Gasteiger partial charge < -0.3 is 18.9 Å². The van der Waals surface area contributed by atoms with Crippen LogP contribution in [-0.2, 0) is 4.79 Å². The number of nitrogens with one attached hydrogen (secondary N) is 1. The maximum Gasteiger partial charge on any atom is 0.264 e. The average Bonchev–Trinajstić information content (AvgIpc) is 3.25. The summed E-state index contributed by atoms with van der Waals surface area (Å²) >= 11 is 1.30. The van der Waals surface area contributed by atoms with E-state index in [1.54, 1.807) is 38.5 Å². The largest absolute Gasteiger partial charge is 0.493 e. The molecular weight excluding hydrogens is 420 g/mol. The number of carbonyl (C=O) groups excluding carboxylic acids is 2. The van der Waals surface area contributed by atoms with Gasteiger partial charge in [0.05, 0.1) is 27.0 Å². The van der Waals surface area contributed by atoms with E-state index in [1.807, 2.05) is 17.5 Å². The van der Waals surface area contributed by atoms with Crippen molar-refractivity contribution >= 4 is 28.2 Å². The highest BCUT2D eigenvalue weighted by Gasteiger charge is 2.13. The van der Waals surface area contributed by atoms with Crippen molar-refractivity contribution in [2.75, 3.05) is 33.3 Å². The van der Waals surface area contributed by atoms with Crippen LogP contribution in [0.5, 0.6) is 23.0 Å². The number of amides is 1. The molecule has 0 bridgehead atoms. The van der Waals surface area contributed by atoms with Gasteiger partial charge in [0.25, 0.3) is 5.91 Å². The molecule has 0 fully saturated rings. The molecule has 8 nitrogen and oxygen atoms in total. The molecule has 9 heteroatoms. The summed E-state index contributed by atoms with van der Waals surface area (Å²) in [6.07, 6.45) is 0. The number of methoxy groups -OCH3 is 3. The van der Waals surface area contributed by atoms with Gasteiger partial charge in [0.15, 0.2) is 40.5 Å². The van der Waals surface area contributed by atoms with Crippen molar-refractivity contribution in [3.8, 4) is 34.3 Å². The first-order valence-corrected chi connectivity index (χ1v) is 10.1. The predicted molar refractivity (Wildman–Crippen MR) is 118 cm³/mol. The van der Waals surface area contributed by atoms with Gasteiger partial charge in [-0.2, -0.15) is 0 Å². The summed E-state index contributed by atoms with van der Waals surface area (Å²) < 4.78 is 21.3. The Labute approximate surface area is 183 Å². The summed E-state index contributed by atoms with van der Waals surface area (Å²) in [5.74, 6) is 1.51. The number of thiazole rings is 1. The van der Waals surface area contributed by atoms with Gasteiger partial charge in [0.2, 0.25) is 0 Å². The van der Waals surface area contributed by atoms with E-state index >= 15 is 0 Å². The normalized spacial score (nSPS) is 10.3. The Hall–Kier alpha value is -3.59. The number of Topliss-reactive ketones (excluding diaryl/α,β-unsaturated/α-hetero) is 1. The third-order valence-electron chi connectivity index (χ3n) is 4.36. The summed E-state index contributed by atoms with van der Waals surface area (Å²) in [5, 5.41) is 4.99. The molecule has 1 aromatic heterocycles. The maximum absolute atomic E-state index is 12.3. The minimum Gasteiger partial charge on any atom is -0.493 e. The Bertz CT molecular complexity index is 1100. The standard InChI is InChI=1S/C22H22N2O6S/c1-13(25)14-5-8-18(20(9-14)29-4)30-11-21(26)24-22-23-16(12-31-22)15-6-7-17(27-2)19(10-15)28-3/h5-10,12H,11H2,1-4H3,(H,23,24,26). The second-order valence-corrected chi connectivity index (χ2v) is 7.22. The van der Waals surface area contributed by atoms with Crippen LogP contribution in [-0.4, -0.2) is 44.6 Å². The molecule has 3 aromatic rings. The van der Waals surface area contributed by atoms with Crippen LogP contribution in [0.1, 0.15) is 17.3 Å². The van der Waals surface area contributed by atoms with E-state index in [2.05, 4.69) is 10.3 Å². The molecule has 0 saturated carbocycles. The summed E-state index contributed by atoms with van der Waals surface area (Å²) in [6.45, 7) is 1.23. The molecule has 2 aromatic carbocycles. The quantitative estimate of drug-likeness (QED) is 0.499. The minimum absolute atomic E-state index is 0.0864. The number of ketones is 1. The molecular formula is C22H22N2O6S. The Morgan fingerprint density at radius 1 is 0.935 bits per heavy atom. The van der Waals surface area contributed by atoms with Crippen LogP contribution < -0.4 is 24.3 Å². The van der Waals surface area contributed by atoms with Gasteiger partial charge in [-0.15, -0.1) is 11.3 Å². The van der Waals surface area contributed by atoms with Gasteiger partial charge in [0, 0.05) is 16.5 Å². The second kappa shape index (κ2) is 9.94. The zero-order valence-corrected chi connectivity index (χ0v) is 18.4. The highest BCUT2D eigenvalue weighted by Crippen LogP contribution is 2.33. The first-order chi connectivity index (χ1) is 14.9. The fraction of sp³-hybridized carbons (Fsp3) is 0.227. The molecule has 0 atom stereocenters. The van der Waals surface area contributed by atoms with Crippen LogP contribution >= 0.6 is 11.3 Å². The van der Waals surface area contributed by atoms with E-state index in [9.17, 15) is 9.59 Å². The zero-order valence-electron chi connectivity index (χ0n) is 17.6. The third-order valence-corrected chi connectivity index (χ3v) is 5.12. The first kappa shape index (κ1) is 22.1. The summed E-state index contributed by atoms with van der Waals surface area (Å²) in [5.41, 5.74) is 2.03. The number of benzene rings is 2. The molecule has 31 heavy (non-hydrogen) atoms. The van der Waals surface area contributed by atoms with Crippen LogP contribution in [0, 0.1) is 0 Å². The van der Waals surface area contributed by atoms with Crippen LogP contribution in [0.4, 0.5) is 5.13 Å². The molecule has 0 radical (unpaired) electrons. The number of hydrogen-bond donors (Lipinski definition) is 1. The minimum atomic E-state index is -0.370. The van der Waals surface area contributed by atoms with Gasteiger partial charge in [-0.3, -0.25) is 14.9 Å². The van der Waals surface area contributed by atoms with Crippen molar-refractivity contribution in [2.45, 2.75) is 6.92 Å². The van der Waals surface area contributed by atoms with Crippen molar-refractivity contribution in [1.29, 1.82) is 0 Å². The highest BCUT2D eigenvalue weighted by atomic mass is 32.1. The summed E-state index contributed by atoms with van der Waals surface area (Å²) in [6, 6.07) is 10.3. The molecule has 3 rings (SSSR count). The average molecular weight is 442 g/mol. The number of rotatable bonds is 9. The highest BCUT2D eigenvalue weighted by molar-refractivity contribution is 7.14. The van der Waals surface area contributed by atoms with E-state index in [-0.39, 0.29) is 18.3 Å². The molecule has 0 saturated heterocycles. The van der Waals surface area contributed by atoms with E-state index in [0.29, 0.717) is 39.4 Å². The topological polar surface area (TPSA) is 96.0 Å². The number of carbonyl (C=O) groups is 2. The lowest BCUT2D eigenvalue weighted by molar-refractivity contribution is -0.118. The van der Waals surface area contributed by atoms with Gasteiger partial charge >= 0.3 is 0 Å². The van der Waals surface area contributed by atoms with Crippen LogP contribution in [0.3, 0.4) is 0 Å². The lowest BCUT2D eigenvalue weighted by Gasteiger charge is -2.11. The Morgan fingerprint density at radius 3 is 2.29 bits per heavy atom. The fourth-order valence-electron chi connectivity index (χ4n) is 2.76. The third kappa shape index (κ3) is 5.32. The number of nitrogens with zero attached hydrogens (tertiary/aromatic N) is 1. The van der Waals surface area contributed by atoms with E-state index in [1.165, 1.54) is 25.4 Å².